The normalized spacial score (nSPS) is 11.6. The minimum absolute atomic E-state index is 0.0193. The fraction of sp³-hybridized carbons (Fsp3) is 0.250. The van der Waals surface area contributed by atoms with Crippen LogP contribution >= 0.6 is 11.6 Å². The van der Waals surface area contributed by atoms with Gasteiger partial charge in [-0.05, 0) is 24.6 Å². The van der Waals surface area contributed by atoms with Crippen LogP contribution in [0.3, 0.4) is 0 Å². The second-order valence-electron chi connectivity index (χ2n) is 6.82. The summed E-state index contributed by atoms with van der Waals surface area (Å²) in [6.07, 6.45) is 1.07. The van der Waals surface area contributed by atoms with Gasteiger partial charge in [0.15, 0.2) is 0 Å². The van der Waals surface area contributed by atoms with Crippen molar-refractivity contribution in [3.63, 3.8) is 0 Å². The van der Waals surface area contributed by atoms with Gasteiger partial charge in [0, 0.05) is 17.1 Å². The van der Waals surface area contributed by atoms with Gasteiger partial charge in [0.05, 0.1) is 19.3 Å². The molecule has 0 fully saturated rings. The van der Waals surface area contributed by atoms with E-state index in [1.165, 1.54) is 0 Å². The first-order chi connectivity index (χ1) is 14.2. The number of hydrogen-bond donors (Lipinski definition) is 1. The van der Waals surface area contributed by atoms with Gasteiger partial charge in [-0.25, -0.2) is 8.42 Å². The Morgan fingerprint density at radius 1 is 1.20 bits per heavy atom. The molecule has 0 radical (unpaired) electrons. The van der Waals surface area contributed by atoms with Crippen LogP contribution in [0.2, 0.25) is 5.02 Å². The van der Waals surface area contributed by atoms with Crippen LogP contribution in [0.5, 0.6) is 0 Å². The number of sulfonamides is 1. The van der Waals surface area contributed by atoms with Crippen molar-refractivity contribution >= 4 is 27.5 Å². The molecule has 0 aliphatic rings. The highest BCUT2D eigenvalue weighted by molar-refractivity contribution is 7.88. The van der Waals surface area contributed by atoms with Crippen molar-refractivity contribution < 1.29 is 17.7 Å². The van der Waals surface area contributed by atoms with Crippen LogP contribution in [0.25, 0.3) is 11.4 Å². The first-order valence-electron chi connectivity index (χ1n) is 9.06. The molecule has 2 aromatic carbocycles. The second kappa shape index (κ2) is 9.38. The summed E-state index contributed by atoms with van der Waals surface area (Å²) in [5.74, 6) is 0.0664. The van der Waals surface area contributed by atoms with Crippen molar-refractivity contribution in [1.29, 1.82) is 0 Å². The zero-order valence-corrected chi connectivity index (χ0v) is 18.1. The van der Waals surface area contributed by atoms with Gasteiger partial charge >= 0.3 is 0 Å². The molecular weight excluding hydrogens is 428 g/mol. The molecule has 3 rings (SSSR count). The molecule has 1 aromatic heterocycles. The lowest BCUT2D eigenvalue weighted by atomic mass is 10.1. The number of aryl methyl sites for hydroxylation is 1. The first-order valence-corrected chi connectivity index (χ1v) is 11.3. The molecule has 0 atom stereocenters. The van der Waals surface area contributed by atoms with E-state index in [-0.39, 0.29) is 25.5 Å². The van der Waals surface area contributed by atoms with Gasteiger partial charge in [-0.3, -0.25) is 4.79 Å². The van der Waals surface area contributed by atoms with Crippen LogP contribution in [0.1, 0.15) is 17.0 Å². The van der Waals surface area contributed by atoms with E-state index in [4.69, 9.17) is 16.1 Å². The SMILES string of the molecule is Cc1ccc(CN(CC(=O)NCc2nc(-c3cccc(Cl)c3)no2)S(C)(=O)=O)cc1. The Morgan fingerprint density at radius 3 is 2.60 bits per heavy atom. The van der Waals surface area contributed by atoms with E-state index in [0.717, 1.165) is 21.7 Å². The van der Waals surface area contributed by atoms with Crippen LogP contribution in [0.4, 0.5) is 0 Å². The van der Waals surface area contributed by atoms with E-state index >= 15 is 0 Å². The molecular formula is C20H21ClN4O4S. The molecule has 1 N–H and O–H groups in total. The average molecular weight is 449 g/mol. The average Bonchev–Trinajstić information content (AvgIpc) is 3.16. The van der Waals surface area contributed by atoms with E-state index in [0.29, 0.717) is 16.4 Å². The number of benzene rings is 2. The number of carbonyl (C=O) groups is 1. The zero-order valence-electron chi connectivity index (χ0n) is 16.5. The minimum atomic E-state index is -3.58. The van der Waals surface area contributed by atoms with Crippen molar-refractivity contribution in [2.24, 2.45) is 0 Å². The van der Waals surface area contributed by atoms with E-state index in [1.807, 2.05) is 31.2 Å². The predicted molar refractivity (Wildman–Crippen MR) is 113 cm³/mol. The zero-order chi connectivity index (χ0) is 21.7. The molecule has 1 amide bonds. The van der Waals surface area contributed by atoms with Crippen LogP contribution in [-0.2, 0) is 27.9 Å². The number of carbonyl (C=O) groups excluding carboxylic acids is 1. The first kappa shape index (κ1) is 21.9. The molecule has 0 unspecified atom stereocenters. The third-order valence-electron chi connectivity index (χ3n) is 4.26. The Kier molecular flexibility index (Phi) is 6.86. The van der Waals surface area contributed by atoms with Crippen LogP contribution in [0, 0.1) is 6.92 Å². The monoisotopic (exact) mass is 448 g/mol. The molecule has 10 heteroatoms. The molecule has 0 saturated carbocycles. The number of halogens is 1. The van der Waals surface area contributed by atoms with E-state index in [1.54, 1.807) is 24.3 Å². The highest BCUT2D eigenvalue weighted by atomic mass is 35.5. The fourth-order valence-corrected chi connectivity index (χ4v) is 3.57. The molecule has 0 saturated heterocycles. The van der Waals surface area contributed by atoms with Crippen molar-refractivity contribution in [2.75, 3.05) is 12.8 Å². The molecule has 1 heterocycles. The van der Waals surface area contributed by atoms with Crippen molar-refractivity contribution in [2.45, 2.75) is 20.0 Å². The summed E-state index contributed by atoms with van der Waals surface area (Å²) in [5.41, 5.74) is 2.55. The lowest BCUT2D eigenvalue weighted by Crippen LogP contribution is -2.39. The summed E-state index contributed by atoms with van der Waals surface area (Å²) < 4.78 is 30.4. The molecule has 3 aromatic rings. The molecule has 8 nitrogen and oxygen atoms in total. The van der Waals surface area contributed by atoms with Crippen molar-refractivity contribution in [3.8, 4) is 11.4 Å². The number of nitrogens with zero attached hydrogens (tertiary/aromatic N) is 3. The third-order valence-corrected chi connectivity index (χ3v) is 5.69. The molecule has 0 aliphatic heterocycles. The highest BCUT2D eigenvalue weighted by Gasteiger charge is 2.21. The summed E-state index contributed by atoms with van der Waals surface area (Å²) in [4.78, 5) is 16.5. The van der Waals surface area contributed by atoms with Crippen molar-refractivity contribution in [3.05, 3.63) is 70.6 Å². The van der Waals surface area contributed by atoms with Gasteiger partial charge in [0.25, 0.3) is 0 Å². The number of hydrogen-bond acceptors (Lipinski definition) is 6. The summed E-state index contributed by atoms with van der Waals surface area (Å²) >= 11 is 5.96. The Hall–Kier alpha value is -2.75. The quantitative estimate of drug-likeness (QED) is 0.568. The number of aromatic nitrogens is 2. The predicted octanol–water partition coefficient (Wildman–Crippen LogP) is 2.78. The molecule has 0 aliphatic carbocycles. The molecule has 30 heavy (non-hydrogen) atoms. The largest absolute Gasteiger partial charge is 0.346 e. The van der Waals surface area contributed by atoms with Crippen molar-refractivity contribution in [1.82, 2.24) is 19.8 Å². The summed E-state index contributed by atoms with van der Waals surface area (Å²) in [7, 11) is -3.58. The number of nitrogens with one attached hydrogen (secondary N) is 1. The minimum Gasteiger partial charge on any atom is -0.346 e. The van der Waals surface area contributed by atoms with E-state index in [2.05, 4.69) is 15.5 Å². The lowest BCUT2D eigenvalue weighted by molar-refractivity contribution is -0.121. The number of amides is 1. The Balaban J connectivity index is 1.60. The van der Waals surface area contributed by atoms with Gasteiger partial charge in [-0.2, -0.15) is 9.29 Å². The highest BCUT2D eigenvalue weighted by Crippen LogP contribution is 2.19. The van der Waals surface area contributed by atoms with E-state index in [9.17, 15) is 13.2 Å². The maximum absolute atomic E-state index is 12.3. The molecule has 0 spiro atoms. The maximum atomic E-state index is 12.3. The van der Waals surface area contributed by atoms with Crippen LogP contribution in [-0.4, -0.2) is 41.6 Å². The Labute approximate surface area is 179 Å². The van der Waals surface area contributed by atoms with Gasteiger partial charge in [0.1, 0.15) is 0 Å². The third kappa shape index (κ3) is 6.12. The Bertz CT molecular complexity index is 1130. The van der Waals surface area contributed by atoms with Gasteiger partial charge in [-0.15, -0.1) is 0 Å². The van der Waals surface area contributed by atoms with Gasteiger partial charge in [0.2, 0.25) is 27.6 Å². The topological polar surface area (TPSA) is 105 Å². The van der Waals surface area contributed by atoms with Crippen LogP contribution in [0.15, 0.2) is 53.1 Å². The lowest BCUT2D eigenvalue weighted by Gasteiger charge is -2.19. The molecule has 158 valence electrons. The smallest absolute Gasteiger partial charge is 0.246 e. The Morgan fingerprint density at radius 2 is 1.93 bits per heavy atom. The maximum Gasteiger partial charge on any atom is 0.246 e. The summed E-state index contributed by atoms with van der Waals surface area (Å²) in [6, 6.07) is 14.4. The number of rotatable bonds is 8. The fourth-order valence-electron chi connectivity index (χ4n) is 2.65. The summed E-state index contributed by atoms with van der Waals surface area (Å²) in [6.45, 7) is 1.71. The van der Waals surface area contributed by atoms with Gasteiger partial charge < -0.3 is 9.84 Å². The van der Waals surface area contributed by atoms with E-state index < -0.39 is 15.9 Å². The second-order valence-corrected chi connectivity index (χ2v) is 9.23. The molecule has 0 bridgehead atoms. The van der Waals surface area contributed by atoms with Crippen LogP contribution < -0.4 is 5.32 Å². The van der Waals surface area contributed by atoms with Gasteiger partial charge in [-0.1, -0.05) is 58.7 Å². The summed E-state index contributed by atoms with van der Waals surface area (Å²) in [5, 5.41) is 7.01. The standard InChI is InChI=1S/C20H21ClN4O4S/c1-14-6-8-15(9-7-14)12-25(30(2,27)28)13-18(26)22-11-19-23-20(24-29-19)16-4-3-5-17(21)10-16/h3-10H,11-13H2,1-2H3,(H,22,26).